The van der Waals surface area contributed by atoms with Gasteiger partial charge < -0.3 is 9.47 Å². The van der Waals surface area contributed by atoms with Crippen molar-refractivity contribution in [3.63, 3.8) is 0 Å². The first kappa shape index (κ1) is 22.2. The molecular weight excluding hydrogens is 389 g/mol. The fourth-order valence-corrected chi connectivity index (χ4v) is 5.06. The maximum atomic E-state index is 5.89. The van der Waals surface area contributed by atoms with Gasteiger partial charge in [0.15, 0.2) is 6.79 Å². The van der Waals surface area contributed by atoms with Gasteiger partial charge in [0.25, 0.3) is 0 Å². The molecule has 3 aromatic rings. The monoisotopic (exact) mass is 419 g/mol. The van der Waals surface area contributed by atoms with E-state index in [1.165, 1.54) is 22.0 Å². The van der Waals surface area contributed by atoms with Crippen molar-refractivity contribution in [2.45, 2.75) is 32.3 Å². The highest BCUT2D eigenvalue weighted by Gasteiger charge is 2.29. The Morgan fingerprint density at radius 2 is 1.70 bits per heavy atom. The summed E-state index contributed by atoms with van der Waals surface area (Å²) in [5, 5.41) is 1.30. The Bertz CT molecular complexity index is 987. The fraction of sp³-hybridized carbons (Fsp3) is 0.269. The molecule has 30 heavy (non-hydrogen) atoms. The average molecular weight is 420 g/mol. The quantitative estimate of drug-likeness (QED) is 0.230. The molecule has 2 atom stereocenters. The smallest absolute Gasteiger partial charge is 0.188 e. The van der Waals surface area contributed by atoms with Gasteiger partial charge in [0.1, 0.15) is 5.75 Å². The van der Waals surface area contributed by atoms with E-state index in [2.05, 4.69) is 51.1 Å². The van der Waals surface area contributed by atoms with Gasteiger partial charge >= 0.3 is 0 Å². The van der Waals surface area contributed by atoms with Crippen molar-refractivity contribution < 1.29 is 9.47 Å². The minimum absolute atomic E-state index is 0.0498. The number of para-hydroxylation sites is 2. The zero-order chi connectivity index (χ0) is 21.4. The van der Waals surface area contributed by atoms with Gasteiger partial charge in [-0.3, -0.25) is 4.99 Å². The summed E-state index contributed by atoms with van der Waals surface area (Å²) in [4.78, 5) is 4.70. The van der Waals surface area contributed by atoms with Crippen LogP contribution in [0.3, 0.4) is 0 Å². The Hall–Kier alpha value is -2.48. The van der Waals surface area contributed by atoms with Crippen LogP contribution in [0.15, 0.2) is 77.8 Å². The van der Waals surface area contributed by atoms with Crippen LogP contribution in [-0.4, -0.2) is 20.1 Å². The molecule has 0 aliphatic heterocycles. The van der Waals surface area contributed by atoms with Gasteiger partial charge in [-0.25, -0.2) is 0 Å². The maximum Gasteiger partial charge on any atom is 0.188 e. The van der Waals surface area contributed by atoms with Crippen LogP contribution in [0.4, 0.5) is 5.69 Å². The van der Waals surface area contributed by atoms with Gasteiger partial charge in [-0.15, -0.1) is 0 Å². The first-order valence-corrected chi connectivity index (χ1v) is 11.3. The van der Waals surface area contributed by atoms with Gasteiger partial charge in [0.2, 0.25) is 0 Å². The van der Waals surface area contributed by atoms with E-state index in [1.807, 2.05) is 48.7 Å². The van der Waals surface area contributed by atoms with E-state index in [4.69, 9.17) is 14.5 Å². The summed E-state index contributed by atoms with van der Waals surface area (Å²) in [6, 6.07) is 24.8. The highest BCUT2D eigenvalue weighted by Crippen LogP contribution is 2.47. The van der Waals surface area contributed by atoms with Crippen LogP contribution in [-0.2, 0) is 9.89 Å². The molecule has 3 nitrogen and oxygen atoms in total. The number of methoxy groups -OCH3 is 1. The van der Waals surface area contributed by atoms with Crippen molar-refractivity contribution in [1.29, 1.82) is 0 Å². The first-order valence-electron chi connectivity index (χ1n) is 10.3. The molecule has 4 heteroatoms. The predicted octanol–water partition coefficient (Wildman–Crippen LogP) is 6.36. The lowest BCUT2D eigenvalue weighted by atomic mass is 9.96. The molecule has 0 aromatic heterocycles. The fourth-order valence-electron chi connectivity index (χ4n) is 3.42. The molecule has 0 radical (unpaired) electrons. The zero-order valence-corrected chi connectivity index (χ0v) is 19.2. The SMILES string of the molecule is CCC(C)(Pc1c(C)cccc1C=Nc1ccccc1)c1ccccc1OCOC. The highest BCUT2D eigenvalue weighted by atomic mass is 31.1. The van der Waals surface area contributed by atoms with Crippen LogP contribution in [0.25, 0.3) is 0 Å². The molecule has 0 fully saturated rings. The Balaban J connectivity index is 1.97. The predicted molar refractivity (Wildman–Crippen MR) is 129 cm³/mol. The number of hydrogen-bond acceptors (Lipinski definition) is 3. The van der Waals surface area contributed by atoms with Crippen LogP contribution in [0.1, 0.15) is 37.0 Å². The van der Waals surface area contributed by atoms with Crippen LogP contribution < -0.4 is 10.0 Å². The van der Waals surface area contributed by atoms with E-state index < -0.39 is 0 Å². The van der Waals surface area contributed by atoms with Gasteiger partial charge in [0, 0.05) is 29.6 Å². The van der Waals surface area contributed by atoms with E-state index >= 15 is 0 Å². The summed E-state index contributed by atoms with van der Waals surface area (Å²) in [5.74, 6) is 0.893. The minimum Gasteiger partial charge on any atom is -0.467 e. The van der Waals surface area contributed by atoms with Crippen molar-refractivity contribution in [2.75, 3.05) is 13.9 Å². The van der Waals surface area contributed by atoms with Gasteiger partial charge in [-0.1, -0.05) is 77.0 Å². The van der Waals surface area contributed by atoms with Crippen molar-refractivity contribution in [3.05, 3.63) is 89.5 Å². The summed E-state index contributed by atoms with van der Waals surface area (Å²) in [7, 11) is 2.23. The Morgan fingerprint density at radius 1 is 0.967 bits per heavy atom. The first-order chi connectivity index (χ1) is 14.6. The number of aliphatic imine (C=N–C) groups is 1. The second-order valence-electron chi connectivity index (χ2n) is 7.49. The number of rotatable bonds is 9. The summed E-state index contributed by atoms with van der Waals surface area (Å²) >= 11 is 0. The molecule has 156 valence electrons. The van der Waals surface area contributed by atoms with Gasteiger partial charge in [0.05, 0.1) is 5.69 Å². The molecule has 3 aromatic carbocycles. The molecule has 0 spiro atoms. The number of ether oxygens (including phenoxy) is 2. The highest BCUT2D eigenvalue weighted by molar-refractivity contribution is 7.49. The lowest BCUT2D eigenvalue weighted by molar-refractivity contribution is 0.0500. The van der Waals surface area contributed by atoms with Crippen LogP contribution in [0, 0.1) is 6.92 Å². The topological polar surface area (TPSA) is 30.8 Å². The standard InChI is InChI=1S/C26H30NO2P/c1-5-26(3,23-16-9-10-17-24(23)29-19-28-4)30-25-20(2)12-11-13-21(25)18-27-22-14-7-6-8-15-22/h6-18,30H,5,19H2,1-4H3. The Kier molecular flexibility index (Phi) is 7.79. The van der Waals surface area contributed by atoms with Gasteiger partial charge in [-0.2, -0.15) is 0 Å². The molecule has 0 aliphatic carbocycles. The number of nitrogens with zero attached hydrogens (tertiary/aromatic N) is 1. The van der Waals surface area contributed by atoms with Crippen molar-refractivity contribution in [2.24, 2.45) is 4.99 Å². The summed E-state index contributed by atoms with van der Waals surface area (Å²) < 4.78 is 11.0. The molecule has 3 rings (SSSR count). The van der Waals surface area contributed by atoms with Gasteiger partial charge in [-0.05, 0) is 42.4 Å². The lowest BCUT2D eigenvalue weighted by Gasteiger charge is -2.32. The van der Waals surface area contributed by atoms with Crippen LogP contribution in [0.5, 0.6) is 5.75 Å². The van der Waals surface area contributed by atoms with Crippen molar-refractivity contribution in [1.82, 2.24) is 0 Å². The molecule has 0 N–H and O–H groups in total. The third-order valence-corrected chi connectivity index (χ3v) is 7.44. The molecular formula is C26H30NO2P. The molecule has 0 amide bonds. The van der Waals surface area contributed by atoms with Crippen molar-refractivity contribution >= 4 is 25.8 Å². The van der Waals surface area contributed by atoms with E-state index in [-0.39, 0.29) is 11.9 Å². The summed E-state index contributed by atoms with van der Waals surface area (Å²) in [6.07, 6.45) is 3.00. The van der Waals surface area contributed by atoms with Crippen molar-refractivity contribution in [3.8, 4) is 5.75 Å². The second kappa shape index (κ2) is 10.5. The van der Waals surface area contributed by atoms with E-state index in [0.717, 1.165) is 17.9 Å². The number of hydrogen-bond donors (Lipinski definition) is 0. The van der Waals surface area contributed by atoms with Crippen LogP contribution in [0.2, 0.25) is 0 Å². The maximum absolute atomic E-state index is 5.89. The normalized spacial score (nSPS) is 13.7. The summed E-state index contributed by atoms with van der Waals surface area (Å²) in [5.41, 5.74) is 4.65. The minimum atomic E-state index is -0.0498. The van der Waals surface area contributed by atoms with E-state index in [0.29, 0.717) is 8.58 Å². The third-order valence-electron chi connectivity index (χ3n) is 5.34. The zero-order valence-electron chi connectivity index (χ0n) is 18.2. The average Bonchev–Trinajstić information content (AvgIpc) is 2.79. The molecule has 2 unspecified atom stereocenters. The molecule has 0 aliphatic rings. The Morgan fingerprint density at radius 3 is 2.43 bits per heavy atom. The largest absolute Gasteiger partial charge is 0.467 e. The second-order valence-corrected chi connectivity index (χ2v) is 9.34. The van der Waals surface area contributed by atoms with E-state index in [9.17, 15) is 0 Å². The molecule has 0 heterocycles. The molecule has 0 saturated heterocycles. The molecule has 0 saturated carbocycles. The number of benzene rings is 3. The summed E-state index contributed by atoms with van der Waals surface area (Å²) in [6.45, 7) is 7.01. The Labute approximate surface area is 182 Å². The lowest BCUT2D eigenvalue weighted by Crippen LogP contribution is -2.22. The molecule has 0 bridgehead atoms. The third kappa shape index (κ3) is 5.36. The van der Waals surface area contributed by atoms with E-state index in [1.54, 1.807) is 7.11 Å². The van der Waals surface area contributed by atoms with Crippen LogP contribution >= 0.6 is 8.58 Å². The number of aryl methyl sites for hydroxylation is 1.